The first kappa shape index (κ1) is 14.2. The maximum absolute atomic E-state index is 10.5. The van der Waals surface area contributed by atoms with Crippen molar-refractivity contribution in [2.24, 2.45) is 0 Å². The quantitative estimate of drug-likeness (QED) is 0.275. The molecule has 0 aliphatic carbocycles. The highest BCUT2D eigenvalue weighted by Crippen LogP contribution is 2.08. The van der Waals surface area contributed by atoms with Crippen molar-refractivity contribution in [3.05, 3.63) is 12.2 Å². The molecule has 0 heterocycles. The molecular weight excluding hydrogens is 192 g/mol. The van der Waals surface area contributed by atoms with Crippen LogP contribution in [0.15, 0.2) is 12.2 Å². The van der Waals surface area contributed by atoms with Gasteiger partial charge >= 0.3 is 5.97 Å². The van der Waals surface area contributed by atoms with Gasteiger partial charge in [-0.2, -0.15) is 5.26 Å². The van der Waals surface area contributed by atoms with Crippen molar-refractivity contribution in [2.75, 3.05) is 0 Å². The summed E-state index contributed by atoms with van der Waals surface area (Å²) in [5, 5.41) is 8.00. The number of hydrogen-bond donors (Lipinski definition) is 1. The monoisotopic (exact) mass is 214 g/mol. The van der Waals surface area contributed by atoms with Gasteiger partial charge in [0.25, 0.3) is 0 Å². The SMILES string of the molecule is CC/C=C/CCCCCCCC(=O)OO. The van der Waals surface area contributed by atoms with Gasteiger partial charge in [0.15, 0.2) is 0 Å². The third-order valence-corrected chi connectivity index (χ3v) is 2.26. The predicted molar refractivity (Wildman–Crippen MR) is 60.5 cm³/mol. The van der Waals surface area contributed by atoms with Crippen molar-refractivity contribution in [3.63, 3.8) is 0 Å². The van der Waals surface area contributed by atoms with Crippen LogP contribution in [0.2, 0.25) is 0 Å². The van der Waals surface area contributed by atoms with Crippen molar-refractivity contribution in [1.82, 2.24) is 0 Å². The van der Waals surface area contributed by atoms with E-state index in [4.69, 9.17) is 5.26 Å². The lowest BCUT2D eigenvalue weighted by Crippen LogP contribution is -1.99. The van der Waals surface area contributed by atoms with Crippen LogP contribution < -0.4 is 0 Å². The molecule has 0 aliphatic rings. The van der Waals surface area contributed by atoms with Gasteiger partial charge in [-0.3, -0.25) is 0 Å². The molecule has 0 aromatic carbocycles. The lowest BCUT2D eigenvalue weighted by Gasteiger charge is -1.98. The number of allylic oxidation sites excluding steroid dienone is 2. The second-order valence-electron chi connectivity index (χ2n) is 3.65. The zero-order valence-electron chi connectivity index (χ0n) is 9.58. The molecule has 3 heteroatoms. The van der Waals surface area contributed by atoms with E-state index in [1.807, 2.05) is 0 Å². The van der Waals surface area contributed by atoms with E-state index >= 15 is 0 Å². The van der Waals surface area contributed by atoms with Crippen molar-refractivity contribution in [1.29, 1.82) is 0 Å². The fourth-order valence-corrected chi connectivity index (χ4v) is 1.39. The largest absolute Gasteiger partial charge is 0.342 e. The summed E-state index contributed by atoms with van der Waals surface area (Å²) < 4.78 is 0. The van der Waals surface area contributed by atoms with Crippen LogP contribution >= 0.6 is 0 Å². The number of unbranched alkanes of at least 4 members (excludes halogenated alkanes) is 5. The summed E-state index contributed by atoms with van der Waals surface area (Å²) in [6.45, 7) is 2.14. The molecular formula is C12H22O3. The molecule has 3 nitrogen and oxygen atoms in total. The van der Waals surface area contributed by atoms with E-state index in [0.717, 1.165) is 32.1 Å². The zero-order chi connectivity index (χ0) is 11.4. The molecule has 0 bridgehead atoms. The Bertz CT molecular complexity index is 176. The van der Waals surface area contributed by atoms with Crippen LogP contribution in [0.1, 0.15) is 58.3 Å². The van der Waals surface area contributed by atoms with Crippen LogP contribution in [0.25, 0.3) is 0 Å². The van der Waals surface area contributed by atoms with E-state index in [1.165, 1.54) is 12.8 Å². The first-order valence-corrected chi connectivity index (χ1v) is 5.80. The molecule has 0 saturated heterocycles. The highest BCUT2D eigenvalue weighted by Gasteiger charge is 2.00. The van der Waals surface area contributed by atoms with E-state index in [9.17, 15) is 4.79 Å². The van der Waals surface area contributed by atoms with Crippen LogP contribution in [0.4, 0.5) is 0 Å². The molecule has 0 rings (SSSR count). The topological polar surface area (TPSA) is 46.5 Å². The maximum atomic E-state index is 10.5. The number of carbonyl (C=O) groups is 1. The summed E-state index contributed by atoms with van der Waals surface area (Å²) in [4.78, 5) is 14.1. The van der Waals surface area contributed by atoms with Crippen LogP contribution in [0.3, 0.4) is 0 Å². The summed E-state index contributed by atoms with van der Waals surface area (Å²) in [5.74, 6) is -0.527. The van der Waals surface area contributed by atoms with Crippen molar-refractivity contribution < 1.29 is 14.9 Å². The molecule has 0 radical (unpaired) electrons. The molecule has 1 N–H and O–H groups in total. The smallest absolute Gasteiger partial charge is 0.301 e. The third kappa shape index (κ3) is 11.1. The van der Waals surface area contributed by atoms with E-state index in [-0.39, 0.29) is 0 Å². The van der Waals surface area contributed by atoms with Gasteiger partial charge < -0.3 is 4.89 Å². The predicted octanol–water partition coefficient (Wildman–Crippen LogP) is 3.70. The minimum Gasteiger partial charge on any atom is -0.301 e. The third-order valence-electron chi connectivity index (χ3n) is 2.26. The Hall–Kier alpha value is -0.830. The summed E-state index contributed by atoms with van der Waals surface area (Å²) in [7, 11) is 0. The Morgan fingerprint density at radius 1 is 1.13 bits per heavy atom. The molecule has 0 amide bonds. The lowest BCUT2D eigenvalue weighted by atomic mass is 10.1. The van der Waals surface area contributed by atoms with E-state index < -0.39 is 5.97 Å². The minimum absolute atomic E-state index is 0.326. The summed E-state index contributed by atoms with van der Waals surface area (Å²) in [6.07, 6.45) is 12.4. The second kappa shape index (κ2) is 11.2. The first-order chi connectivity index (χ1) is 7.31. The van der Waals surface area contributed by atoms with E-state index in [2.05, 4.69) is 24.0 Å². The Labute approximate surface area is 92.1 Å². The number of hydrogen-bond acceptors (Lipinski definition) is 3. The van der Waals surface area contributed by atoms with Crippen LogP contribution in [-0.4, -0.2) is 11.2 Å². The van der Waals surface area contributed by atoms with Gasteiger partial charge in [-0.1, -0.05) is 38.3 Å². The van der Waals surface area contributed by atoms with Gasteiger partial charge in [-0.05, 0) is 25.7 Å². The van der Waals surface area contributed by atoms with Gasteiger partial charge in [-0.25, -0.2) is 4.79 Å². The molecule has 0 atom stereocenters. The van der Waals surface area contributed by atoms with Crippen LogP contribution in [0, 0.1) is 0 Å². The van der Waals surface area contributed by atoms with Crippen molar-refractivity contribution >= 4 is 5.97 Å². The standard InChI is InChI=1S/C12H22O3/c1-2-3-4-5-6-7-8-9-10-11-12(13)15-14/h3-4,14H,2,5-11H2,1H3/b4-3+. The Morgan fingerprint density at radius 3 is 2.47 bits per heavy atom. The number of rotatable bonds is 9. The number of carbonyl (C=O) groups excluding carboxylic acids is 1. The Kier molecular flexibility index (Phi) is 10.6. The fraction of sp³-hybridized carbons (Fsp3) is 0.750. The molecule has 0 fully saturated rings. The molecule has 88 valence electrons. The molecule has 0 aliphatic heterocycles. The summed E-state index contributed by atoms with van der Waals surface area (Å²) >= 11 is 0. The average molecular weight is 214 g/mol. The molecule has 0 aromatic rings. The average Bonchev–Trinajstić information content (AvgIpc) is 2.26. The minimum atomic E-state index is -0.527. The van der Waals surface area contributed by atoms with Gasteiger partial charge in [0.2, 0.25) is 0 Å². The molecule has 0 unspecified atom stereocenters. The molecule has 0 aromatic heterocycles. The fourth-order valence-electron chi connectivity index (χ4n) is 1.39. The van der Waals surface area contributed by atoms with Gasteiger partial charge in [0.05, 0.1) is 0 Å². The highest BCUT2D eigenvalue weighted by atomic mass is 17.1. The van der Waals surface area contributed by atoms with Crippen molar-refractivity contribution in [3.8, 4) is 0 Å². The molecule has 0 saturated carbocycles. The van der Waals surface area contributed by atoms with E-state index in [1.54, 1.807) is 0 Å². The van der Waals surface area contributed by atoms with Gasteiger partial charge in [-0.15, -0.1) is 0 Å². The van der Waals surface area contributed by atoms with Gasteiger partial charge in [0.1, 0.15) is 0 Å². The lowest BCUT2D eigenvalue weighted by molar-refractivity contribution is -0.234. The van der Waals surface area contributed by atoms with Crippen molar-refractivity contribution in [2.45, 2.75) is 58.3 Å². The highest BCUT2D eigenvalue weighted by molar-refractivity contribution is 5.68. The Balaban J connectivity index is 3.05. The molecule has 15 heavy (non-hydrogen) atoms. The summed E-state index contributed by atoms with van der Waals surface area (Å²) in [5.41, 5.74) is 0. The normalized spacial score (nSPS) is 10.8. The Morgan fingerprint density at radius 2 is 1.80 bits per heavy atom. The summed E-state index contributed by atoms with van der Waals surface area (Å²) in [6, 6.07) is 0. The van der Waals surface area contributed by atoms with Crippen LogP contribution in [-0.2, 0) is 9.68 Å². The molecule has 0 spiro atoms. The van der Waals surface area contributed by atoms with Gasteiger partial charge in [0, 0.05) is 6.42 Å². The maximum Gasteiger partial charge on any atom is 0.342 e. The first-order valence-electron chi connectivity index (χ1n) is 5.80. The van der Waals surface area contributed by atoms with E-state index in [0.29, 0.717) is 6.42 Å². The zero-order valence-corrected chi connectivity index (χ0v) is 9.58. The van der Waals surface area contributed by atoms with Crippen LogP contribution in [0.5, 0.6) is 0 Å². The second-order valence-corrected chi connectivity index (χ2v) is 3.65.